The average Bonchev–Trinajstić information content (AvgIpc) is 3.10. The van der Waals surface area contributed by atoms with E-state index in [1.807, 2.05) is 32.0 Å². The second kappa shape index (κ2) is 6.33. The normalized spacial score (nSPS) is 12.3. The minimum absolute atomic E-state index is 0.187. The minimum atomic E-state index is -1.01. The third kappa shape index (κ3) is 3.02. The maximum Gasteiger partial charge on any atom is 0.347 e. The molecule has 2 N–H and O–H groups in total. The van der Waals surface area contributed by atoms with Gasteiger partial charge in [0.05, 0.1) is 11.7 Å². The molecule has 1 atom stereocenters. The number of aryl methyl sites for hydroxylation is 3. The first-order chi connectivity index (χ1) is 11.8. The molecule has 0 saturated carbocycles. The first-order valence-corrected chi connectivity index (χ1v) is 8.61. The summed E-state index contributed by atoms with van der Waals surface area (Å²) < 4.78 is 5.77. The fourth-order valence-corrected chi connectivity index (χ4v) is 3.63. The molecule has 6 nitrogen and oxygen atoms in total. The van der Waals surface area contributed by atoms with Gasteiger partial charge in [-0.15, -0.1) is 11.3 Å². The molecular weight excluding hydrogens is 340 g/mol. The van der Waals surface area contributed by atoms with Gasteiger partial charge in [0.25, 0.3) is 5.91 Å². The van der Waals surface area contributed by atoms with Crippen LogP contribution in [0.1, 0.15) is 55.0 Å². The second-order valence-corrected chi connectivity index (χ2v) is 7.01. The number of carbonyl (C=O) groups is 2. The minimum Gasteiger partial charge on any atom is -0.477 e. The van der Waals surface area contributed by atoms with E-state index in [9.17, 15) is 9.59 Å². The van der Waals surface area contributed by atoms with Crippen molar-refractivity contribution < 1.29 is 19.1 Å². The molecular formula is C18H18N2O4S. The number of benzene rings is 1. The van der Waals surface area contributed by atoms with Crippen molar-refractivity contribution in [3.05, 3.63) is 50.7 Å². The van der Waals surface area contributed by atoms with Gasteiger partial charge in [0.15, 0.2) is 5.76 Å². The second-order valence-electron chi connectivity index (χ2n) is 5.97. The number of rotatable bonds is 4. The number of aromatic nitrogens is 1. The Hall–Kier alpha value is -2.67. The van der Waals surface area contributed by atoms with Crippen molar-refractivity contribution in [1.29, 1.82) is 0 Å². The zero-order valence-corrected chi connectivity index (χ0v) is 15.2. The van der Waals surface area contributed by atoms with Crippen molar-refractivity contribution in [1.82, 2.24) is 10.3 Å². The van der Waals surface area contributed by atoms with E-state index in [0.29, 0.717) is 16.3 Å². The molecule has 1 amide bonds. The fourth-order valence-electron chi connectivity index (χ4n) is 2.73. The maximum atomic E-state index is 12.6. The number of thiazole rings is 1. The number of nitrogens with one attached hydrogen (secondary N) is 1. The van der Waals surface area contributed by atoms with Gasteiger partial charge in [-0.2, -0.15) is 0 Å². The fraction of sp³-hybridized carbons (Fsp3) is 0.278. The molecule has 0 bridgehead atoms. The van der Waals surface area contributed by atoms with Gasteiger partial charge >= 0.3 is 5.97 Å². The summed E-state index contributed by atoms with van der Waals surface area (Å²) >= 11 is 1.07. The van der Waals surface area contributed by atoms with Gasteiger partial charge in [0.1, 0.15) is 15.5 Å². The third-order valence-electron chi connectivity index (χ3n) is 4.09. The van der Waals surface area contributed by atoms with E-state index in [-0.39, 0.29) is 16.5 Å². The molecule has 0 fully saturated rings. The highest BCUT2D eigenvalue weighted by atomic mass is 32.1. The number of nitrogens with zero attached hydrogens (tertiary/aromatic N) is 1. The van der Waals surface area contributed by atoms with E-state index in [1.165, 1.54) is 0 Å². The number of furan rings is 1. The molecule has 3 aromatic rings. The average molecular weight is 358 g/mol. The first-order valence-electron chi connectivity index (χ1n) is 7.79. The lowest BCUT2D eigenvalue weighted by Crippen LogP contribution is -2.26. The third-order valence-corrected chi connectivity index (χ3v) is 5.42. The summed E-state index contributed by atoms with van der Waals surface area (Å²) in [6, 6.07) is 5.36. The Morgan fingerprint density at radius 2 is 2.00 bits per heavy atom. The van der Waals surface area contributed by atoms with Crippen LogP contribution in [0.5, 0.6) is 0 Å². The van der Waals surface area contributed by atoms with Crippen molar-refractivity contribution in [3.63, 3.8) is 0 Å². The molecule has 0 aliphatic heterocycles. The van der Waals surface area contributed by atoms with E-state index >= 15 is 0 Å². The SMILES string of the molecule is Cc1nc(C(C)NC(=O)c2oc3c(C)cccc3c2C)sc1C(=O)O. The number of carbonyl (C=O) groups excluding carboxylic acids is 1. The summed E-state index contributed by atoms with van der Waals surface area (Å²) in [6.45, 7) is 7.19. The number of fused-ring (bicyclic) bond motifs is 1. The largest absolute Gasteiger partial charge is 0.477 e. The number of carboxylic acid groups (broad SMARTS) is 1. The first kappa shape index (κ1) is 17.2. The Bertz CT molecular complexity index is 987. The number of carboxylic acids is 1. The highest BCUT2D eigenvalue weighted by Crippen LogP contribution is 2.29. The molecule has 2 heterocycles. The van der Waals surface area contributed by atoms with Gasteiger partial charge in [0, 0.05) is 10.9 Å². The number of amides is 1. The van der Waals surface area contributed by atoms with Crippen LogP contribution in [0.25, 0.3) is 11.0 Å². The Balaban J connectivity index is 1.87. The van der Waals surface area contributed by atoms with Gasteiger partial charge in [-0.25, -0.2) is 9.78 Å². The summed E-state index contributed by atoms with van der Waals surface area (Å²) in [7, 11) is 0. The summed E-state index contributed by atoms with van der Waals surface area (Å²) in [5, 5.41) is 13.4. The van der Waals surface area contributed by atoms with Crippen LogP contribution >= 0.6 is 11.3 Å². The summed E-state index contributed by atoms with van der Waals surface area (Å²) in [5.74, 6) is -1.09. The van der Waals surface area contributed by atoms with Crippen molar-refractivity contribution in [3.8, 4) is 0 Å². The van der Waals surface area contributed by atoms with E-state index in [0.717, 1.165) is 27.8 Å². The van der Waals surface area contributed by atoms with Crippen LogP contribution in [0, 0.1) is 20.8 Å². The zero-order chi connectivity index (χ0) is 18.3. The van der Waals surface area contributed by atoms with Crippen LogP contribution in [0.2, 0.25) is 0 Å². The van der Waals surface area contributed by atoms with Crippen LogP contribution < -0.4 is 5.32 Å². The molecule has 7 heteroatoms. The Labute approximate surface area is 148 Å². The number of hydrogen-bond acceptors (Lipinski definition) is 5. The quantitative estimate of drug-likeness (QED) is 0.735. The molecule has 1 aromatic carbocycles. The van der Waals surface area contributed by atoms with Crippen LogP contribution in [-0.2, 0) is 0 Å². The number of hydrogen-bond donors (Lipinski definition) is 2. The Morgan fingerprint density at radius 1 is 1.28 bits per heavy atom. The van der Waals surface area contributed by atoms with E-state index in [1.54, 1.807) is 13.8 Å². The molecule has 0 saturated heterocycles. The van der Waals surface area contributed by atoms with Crippen molar-refractivity contribution in [2.45, 2.75) is 33.7 Å². The van der Waals surface area contributed by atoms with Crippen LogP contribution in [0.15, 0.2) is 22.6 Å². The predicted molar refractivity (Wildman–Crippen MR) is 95.4 cm³/mol. The molecule has 0 radical (unpaired) electrons. The maximum absolute atomic E-state index is 12.6. The predicted octanol–water partition coefficient (Wildman–Crippen LogP) is 4.00. The van der Waals surface area contributed by atoms with Gasteiger partial charge in [-0.05, 0) is 33.3 Å². The van der Waals surface area contributed by atoms with Gasteiger partial charge in [-0.1, -0.05) is 18.2 Å². The lowest BCUT2D eigenvalue weighted by Gasteiger charge is -2.10. The molecule has 130 valence electrons. The monoisotopic (exact) mass is 358 g/mol. The molecule has 25 heavy (non-hydrogen) atoms. The highest BCUT2D eigenvalue weighted by molar-refractivity contribution is 7.13. The van der Waals surface area contributed by atoms with Crippen LogP contribution in [-0.4, -0.2) is 22.0 Å². The van der Waals surface area contributed by atoms with Crippen LogP contribution in [0.3, 0.4) is 0 Å². The number of para-hydroxylation sites is 1. The van der Waals surface area contributed by atoms with Crippen molar-refractivity contribution in [2.24, 2.45) is 0 Å². The van der Waals surface area contributed by atoms with Gasteiger partial charge in [0.2, 0.25) is 0 Å². The lowest BCUT2D eigenvalue weighted by molar-refractivity contribution is 0.0700. The molecule has 3 rings (SSSR count). The lowest BCUT2D eigenvalue weighted by atomic mass is 10.1. The van der Waals surface area contributed by atoms with E-state index < -0.39 is 12.0 Å². The molecule has 0 aliphatic rings. The smallest absolute Gasteiger partial charge is 0.347 e. The van der Waals surface area contributed by atoms with Crippen molar-refractivity contribution >= 4 is 34.2 Å². The Morgan fingerprint density at radius 3 is 2.60 bits per heavy atom. The summed E-state index contributed by atoms with van der Waals surface area (Å²) in [6.07, 6.45) is 0. The van der Waals surface area contributed by atoms with Gasteiger partial charge in [-0.3, -0.25) is 4.79 Å². The van der Waals surface area contributed by atoms with E-state index in [2.05, 4.69) is 10.3 Å². The van der Waals surface area contributed by atoms with Gasteiger partial charge < -0.3 is 14.8 Å². The summed E-state index contributed by atoms with van der Waals surface area (Å²) in [5.41, 5.74) is 2.90. The summed E-state index contributed by atoms with van der Waals surface area (Å²) in [4.78, 5) is 28.2. The molecule has 2 aromatic heterocycles. The highest BCUT2D eigenvalue weighted by Gasteiger charge is 2.23. The molecule has 0 aliphatic carbocycles. The standard InChI is InChI=1S/C18H18N2O4S/c1-8-6-5-7-12-9(2)14(24-13(8)12)16(21)19-11(4)17-20-10(3)15(25-17)18(22)23/h5-7,11H,1-4H3,(H,19,21)(H,22,23). The van der Waals surface area contributed by atoms with Crippen LogP contribution in [0.4, 0.5) is 0 Å². The van der Waals surface area contributed by atoms with Crippen molar-refractivity contribution in [2.75, 3.05) is 0 Å². The van der Waals surface area contributed by atoms with E-state index in [4.69, 9.17) is 9.52 Å². The Kier molecular flexibility index (Phi) is 4.34. The zero-order valence-electron chi connectivity index (χ0n) is 14.3. The number of aromatic carboxylic acids is 1. The molecule has 1 unspecified atom stereocenters. The topological polar surface area (TPSA) is 92.4 Å². The molecule has 0 spiro atoms.